The van der Waals surface area contributed by atoms with Crippen LogP contribution in [0.25, 0.3) is 5.69 Å². The van der Waals surface area contributed by atoms with Crippen molar-refractivity contribution >= 4 is 0 Å². The van der Waals surface area contributed by atoms with E-state index in [1.807, 2.05) is 49.4 Å². The molecule has 3 aromatic rings. The van der Waals surface area contributed by atoms with Gasteiger partial charge in [0.2, 0.25) is 0 Å². The molecule has 0 aliphatic heterocycles. The van der Waals surface area contributed by atoms with Gasteiger partial charge in [-0.1, -0.05) is 24.3 Å². The summed E-state index contributed by atoms with van der Waals surface area (Å²) in [4.78, 5) is 4.14. The first-order valence-corrected chi connectivity index (χ1v) is 6.61. The molecule has 2 aromatic carbocycles. The van der Waals surface area contributed by atoms with Crippen LogP contribution in [0.3, 0.4) is 0 Å². The molecule has 0 radical (unpaired) electrons. The van der Waals surface area contributed by atoms with Crippen LogP contribution in [0.2, 0.25) is 0 Å². The van der Waals surface area contributed by atoms with Crippen LogP contribution >= 0.6 is 0 Å². The molecule has 1 heterocycles. The minimum Gasteiger partial charge on any atom is -0.423 e. The lowest BCUT2D eigenvalue weighted by atomic mass is 10.1. The molecule has 5 nitrogen and oxygen atoms in total. The third kappa shape index (κ3) is 2.93. The zero-order valence-corrected chi connectivity index (χ0v) is 11.6. The normalized spacial score (nSPS) is 10.6. The number of rotatable bonds is 4. The van der Waals surface area contributed by atoms with Crippen molar-refractivity contribution in [3.8, 4) is 17.4 Å². The number of para-hydroxylation sites is 1. The summed E-state index contributed by atoms with van der Waals surface area (Å²) >= 11 is 0. The summed E-state index contributed by atoms with van der Waals surface area (Å²) < 4.78 is 7.29. The highest BCUT2D eigenvalue weighted by Gasteiger charge is 2.06. The predicted octanol–water partition coefficient (Wildman–Crippen LogP) is 2.86. The van der Waals surface area contributed by atoms with Gasteiger partial charge in [0.1, 0.15) is 12.1 Å². The number of aliphatic hydroxyl groups is 1. The number of benzene rings is 2. The summed E-state index contributed by atoms with van der Waals surface area (Å²) in [6.45, 7) is 1.95. The standard InChI is InChI=1S/C16H15N3O2/c1-12-9-15(8-7-13(12)10-20)21-16-17-11-19(18-16)14-5-3-2-4-6-14/h2-9,11,20H,10H2,1H3. The Balaban J connectivity index is 1.80. The molecule has 0 saturated heterocycles. The SMILES string of the molecule is Cc1cc(Oc2ncn(-c3ccccc3)n2)ccc1CO. The largest absolute Gasteiger partial charge is 0.423 e. The number of aromatic nitrogens is 3. The van der Waals surface area contributed by atoms with Crippen LogP contribution in [0.15, 0.2) is 54.9 Å². The van der Waals surface area contributed by atoms with Crippen molar-refractivity contribution in [3.05, 3.63) is 66.0 Å². The van der Waals surface area contributed by atoms with Gasteiger partial charge in [0.25, 0.3) is 0 Å². The quantitative estimate of drug-likeness (QED) is 0.799. The zero-order valence-electron chi connectivity index (χ0n) is 11.6. The third-order valence-electron chi connectivity index (χ3n) is 3.19. The van der Waals surface area contributed by atoms with Gasteiger partial charge in [-0.25, -0.2) is 4.68 Å². The lowest BCUT2D eigenvalue weighted by Gasteiger charge is -2.05. The summed E-state index contributed by atoms with van der Waals surface area (Å²) in [5.41, 5.74) is 2.77. The molecular weight excluding hydrogens is 266 g/mol. The van der Waals surface area contributed by atoms with Gasteiger partial charge >= 0.3 is 6.01 Å². The highest BCUT2D eigenvalue weighted by Crippen LogP contribution is 2.21. The first-order chi connectivity index (χ1) is 10.3. The van der Waals surface area contributed by atoms with Crippen molar-refractivity contribution < 1.29 is 9.84 Å². The van der Waals surface area contributed by atoms with Crippen LogP contribution in [-0.4, -0.2) is 19.9 Å². The number of aliphatic hydroxyl groups excluding tert-OH is 1. The number of aryl methyl sites for hydroxylation is 1. The Bertz CT molecular complexity index is 738. The maximum atomic E-state index is 9.16. The van der Waals surface area contributed by atoms with Gasteiger partial charge in [-0.2, -0.15) is 4.98 Å². The third-order valence-corrected chi connectivity index (χ3v) is 3.19. The van der Waals surface area contributed by atoms with Crippen molar-refractivity contribution in [2.45, 2.75) is 13.5 Å². The molecule has 0 unspecified atom stereocenters. The Morgan fingerprint density at radius 3 is 2.67 bits per heavy atom. The molecule has 0 bridgehead atoms. The van der Waals surface area contributed by atoms with Gasteiger partial charge in [0.15, 0.2) is 0 Å². The highest BCUT2D eigenvalue weighted by atomic mass is 16.5. The average molecular weight is 281 g/mol. The highest BCUT2D eigenvalue weighted by molar-refractivity contribution is 5.36. The molecule has 0 atom stereocenters. The second-order valence-electron chi connectivity index (χ2n) is 4.66. The van der Waals surface area contributed by atoms with Crippen LogP contribution in [0, 0.1) is 6.92 Å². The monoisotopic (exact) mass is 281 g/mol. The van der Waals surface area contributed by atoms with Crippen LogP contribution in [-0.2, 0) is 6.61 Å². The minimum absolute atomic E-state index is 0.0208. The summed E-state index contributed by atoms with van der Waals surface area (Å²) in [5, 5.41) is 13.4. The molecule has 0 spiro atoms. The molecule has 3 rings (SSSR count). The van der Waals surface area contributed by atoms with Gasteiger partial charge in [-0.3, -0.25) is 0 Å². The zero-order chi connectivity index (χ0) is 14.7. The van der Waals surface area contributed by atoms with Crippen LogP contribution in [0.1, 0.15) is 11.1 Å². The second-order valence-corrected chi connectivity index (χ2v) is 4.66. The first kappa shape index (κ1) is 13.3. The number of hydrogen-bond donors (Lipinski definition) is 1. The van der Waals surface area contributed by atoms with Gasteiger partial charge in [-0.15, -0.1) is 5.10 Å². The number of nitrogens with zero attached hydrogens (tertiary/aromatic N) is 3. The lowest BCUT2D eigenvalue weighted by molar-refractivity contribution is 0.281. The Morgan fingerprint density at radius 1 is 1.14 bits per heavy atom. The molecule has 0 fully saturated rings. The van der Waals surface area contributed by atoms with Crippen molar-refractivity contribution in [1.82, 2.24) is 14.8 Å². The maximum Gasteiger partial charge on any atom is 0.341 e. The summed E-state index contributed by atoms with van der Waals surface area (Å²) in [6, 6.07) is 15.5. The second kappa shape index (κ2) is 5.76. The molecule has 5 heteroatoms. The fraction of sp³-hybridized carbons (Fsp3) is 0.125. The predicted molar refractivity (Wildman–Crippen MR) is 78.5 cm³/mol. The molecule has 0 saturated carbocycles. The van der Waals surface area contributed by atoms with Gasteiger partial charge < -0.3 is 9.84 Å². The van der Waals surface area contributed by atoms with Crippen molar-refractivity contribution in [3.63, 3.8) is 0 Å². The van der Waals surface area contributed by atoms with E-state index in [0.29, 0.717) is 5.75 Å². The van der Waals surface area contributed by atoms with E-state index >= 15 is 0 Å². The van der Waals surface area contributed by atoms with Crippen molar-refractivity contribution in [2.75, 3.05) is 0 Å². The molecule has 106 valence electrons. The smallest absolute Gasteiger partial charge is 0.341 e. The van der Waals surface area contributed by atoms with E-state index in [4.69, 9.17) is 9.84 Å². The average Bonchev–Trinajstić information content (AvgIpc) is 2.97. The lowest BCUT2D eigenvalue weighted by Crippen LogP contribution is -1.95. The Morgan fingerprint density at radius 2 is 1.95 bits per heavy atom. The van der Waals surface area contributed by atoms with E-state index in [9.17, 15) is 0 Å². The van der Waals surface area contributed by atoms with E-state index < -0.39 is 0 Å². The Hall–Kier alpha value is -2.66. The van der Waals surface area contributed by atoms with Crippen LogP contribution in [0.4, 0.5) is 0 Å². The van der Waals surface area contributed by atoms with Crippen LogP contribution in [0.5, 0.6) is 11.8 Å². The van der Waals surface area contributed by atoms with Crippen molar-refractivity contribution in [1.29, 1.82) is 0 Å². The molecule has 1 N–H and O–H groups in total. The van der Waals surface area contributed by atoms with Crippen LogP contribution < -0.4 is 4.74 Å². The molecule has 0 amide bonds. The fourth-order valence-corrected chi connectivity index (χ4v) is 2.01. The maximum absolute atomic E-state index is 9.16. The molecule has 0 aliphatic rings. The number of ether oxygens (including phenoxy) is 1. The Labute approximate surface area is 122 Å². The number of hydrogen-bond acceptors (Lipinski definition) is 4. The van der Waals surface area contributed by atoms with E-state index in [2.05, 4.69) is 10.1 Å². The molecular formula is C16H15N3O2. The van der Waals surface area contributed by atoms with Gasteiger partial charge in [0.05, 0.1) is 12.3 Å². The van der Waals surface area contributed by atoms with Gasteiger partial charge in [-0.05, 0) is 42.3 Å². The van der Waals surface area contributed by atoms with E-state index in [1.54, 1.807) is 17.1 Å². The summed E-state index contributed by atoms with van der Waals surface area (Å²) in [5.74, 6) is 0.649. The minimum atomic E-state index is 0.0208. The van der Waals surface area contributed by atoms with E-state index in [1.165, 1.54) is 0 Å². The topological polar surface area (TPSA) is 60.2 Å². The van der Waals surface area contributed by atoms with Crippen molar-refractivity contribution in [2.24, 2.45) is 0 Å². The molecule has 0 aliphatic carbocycles. The molecule has 1 aromatic heterocycles. The van der Waals surface area contributed by atoms with E-state index in [-0.39, 0.29) is 12.6 Å². The summed E-state index contributed by atoms with van der Waals surface area (Å²) in [6.07, 6.45) is 1.61. The molecule has 21 heavy (non-hydrogen) atoms. The Kier molecular flexibility index (Phi) is 3.66. The fourth-order valence-electron chi connectivity index (χ4n) is 2.01. The van der Waals surface area contributed by atoms with Gasteiger partial charge in [0, 0.05) is 0 Å². The summed E-state index contributed by atoms with van der Waals surface area (Å²) in [7, 11) is 0. The first-order valence-electron chi connectivity index (χ1n) is 6.61. The van der Waals surface area contributed by atoms with E-state index in [0.717, 1.165) is 16.8 Å².